The summed E-state index contributed by atoms with van der Waals surface area (Å²) in [7, 11) is 0. The molecule has 2 atom stereocenters. The summed E-state index contributed by atoms with van der Waals surface area (Å²) < 4.78 is 16.1. The lowest BCUT2D eigenvalue weighted by molar-refractivity contribution is -0.123. The zero-order valence-corrected chi connectivity index (χ0v) is 64.8. The van der Waals surface area contributed by atoms with Gasteiger partial charge in [-0.3, -0.25) is 14.4 Å². The smallest absolute Gasteiger partial charge is 0.410 e. The molecular weight excluding hydrogens is 1260 g/mol. The molecule has 3 saturated heterocycles. The van der Waals surface area contributed by atoms with Crippen LogP contribution in [0.1, 0.15) is 287 Å². The van der Waals surface area contributed by atoms with Crippen LogP contribution in [0.2, 0.25) is 0 Å². The molecule has 0 spiro atoms. The Balaban J connectivity index is 0.000000220. The molecule has 9 rings (SSSR count). The van der Waals surface area contributed by atoms with E-state index in [1.54, 1.807) is 20.8 Å². The van der Waals surface area contributed by atoms with Gasteiger partial charge in [0.2, 0.25) is 0 Å². The van der Waals surface area contributed by atoms with E-state index in [1.165, 1.54) is 33.4 Å². The molecule has 19 nitrogen and oxygen atoms in total. The van der Waals surface area contributed by atoms with Crippen LogP contribution in [0.3, 0.4) is 0 Å². The van der Waals surface area contributed by atoms with Crippen molar-refractivity contribution in [3.05, 3.63) is 105 Å². The van der Waals surface area contributed by atoms with E-state index >= 15 is 0 Å². The Labute approximate surface area is 598 Å². The quantitative estimate of drug-likeness (QED) is 0.0975. The predicted molar refractivity (Wildman–Crippen MR) is 394 cm³/mol. The standard InChI is InChI=1S/C27H42N2O4.C27H40N2O4.C15H20O2.C12H24N2O3/c2*1-25(2,3)33-24(32)29-14-10-18(11-15-29)22(30)17-28-23(31)19-8-9-20-21(16-19)27(6,7)13-12-26(20,4)5;1-14(2)7-8-15(3,4)12-9-10(13(16)17)5-6-11(12)14;1-12(2,3)17-11(16)14-6-4-9(5-7-14)10(15)8-13/h8-9,16,18,22,30H,10-15,17H2,1-7H3,(H,28,31);8-9,16,18H,10-15,17H2,1-7H3,(H,28,31);5-6,9H,7-8H2,1-4H3,(H,16,17);9-10,15H,4-8,13H2,1-3H3. The molecule has 3 aromatic rings. The number of nitrogens with two attached hydrogens (primary N) is 1. The second kappa shape index (κ2) is 32.4. The predicted octanol–water partition coefficient (Wildman–Crippen LogP) is 14.4. The molecule has 0 aromatic heterocycles. The number of Topliss-reactive ketones (excluding diaryl/α,β-unsaturated/α-hetero) is 1. The largest absolute Gasteiger partial charge is 0.478 e. The number of rotatable bonds is 11. The number of aliphatic hydroxyl groups is 2. The maximum Gasteiger partial charge on any atom is 0.410 e. The van der Waals surface area contributed by atoms with E-state index in [1.807, 2.05) is 98.7 Å². The van der Waals surface area contributed by atoms with Crippen molar-refractivity contribution < 1.29 is 63.1 Å². The van der Waals surface area contributed by atoms with Crippen molar-refractivity contribution in [2.45, 2.75) is 284 Å². The van der Waals surface area contributed by atoms with Gasteiger partial charge >= 0.3 is 24.2 Å². The molecule has 558 valence electrons. The van der Waals surface area contributed by atoms with E-state index < -0.39 is 35.0 Å². The molecule has 3 heterocycles. The third-order valence-corrected chi connectivity index (χ3v) is 21.5. The minimum atomic E-state index is -0.841. The van der Waals surface area contributed by atoms with Crippen molar-refractivity contribution in [2.24, 2.45) is 23.5 Å². The van der Waals surface area contributed by atoms with Gasteiger partial charge in [-0.2, -0.15) is 0 Å². The van der Waals surface area contributed by atoms with Gasteiger partial charge in [-0.1, -0.05) is 101 Å². The number of nitrogens with zero attached hydrogens (tertiary/aromatic N) is 3. The number of aliphatic hydroxyl groups excluding tert-OH is 2. The molecule has 100 heavy (non-hydrogen) atoms. The first-order valence-corrected chi connectivity index (χ1v) is 36.7. The summed E-state index contributed by atoms with van der Waals surface area (Å²) in [5.74, 6) is -1.07. The average molecular weight is 1390 g/mol. The number of amides is 5. The van der Waals surface area contributed by atoms with Crippen LogP contribution in [-0.2, 0) is 51.5 Å². The van der Waals surface area contributed by atoms with Crippen LogP contribution in [0, 0.1) is 17.8 Å². The lowest BCUT2D eigenvalue weighted by Crippen LogP contribution is -2.45. The molecule has 3 fully saturated rings. The van der Waals surface area contributed by atoms with E-state index in [2.05, 4.69) is 106 Å². The van der Waals surface area contributed by atoms with Crippen molar-refractivity contribution in [1.82, 2.24) is 25.3 Å². The van der Waals surface area contributed by atoms with E-state index in [0.29, 0.717) is 81.6 Å². The minimum absolute atomic E-state index is 0.0158. The van der Waals surface area contributed by atoms with E-state index in [0.717, 1.165) is 51.4 Å². The Kier molecular flexibility index (Phi) is 26.7. The molecule has 0 radical (unpaired) electrons. The number of carboxylic acid groups (broad SMARTS) is 1. The molecule has 3 aromatic carbocycles. The summed E-state index contributed by atoms with van der Waals surface area (Å²) in [6.45, 7) is 47.4. The van der Waals surface area contributed by atoms with Gasteiger partial charge in [-0.25, -0.2) is 19.2 Å². The van der Waals surface area contributed by atoms with Gasteiger partial charge in [0.25, 0.3) is 11.8 Å². The SMILES string of the molecule is CC(C)(C)OC(=O)N1CCC(C(=O)CNC(=O)c2ccc3c(c2)C(C)(C)CCC3(C)C)CC1.CC(C)(C)OC(=O)N1CCC(C(O)CN)CC1.CC(C)(C)OC(=O)N1CCC(C(O)CNC(=O)c2ccc3c(c2)C(C)(C)CCC3(C)C)CC1.CC1(C)CCC(C)(C)c2cc(C(=O)O)ccc21. The van der Waals surface area contributed by atoms with Crippen molar-refractivity contribution >= 4 is 41.8 Å². The fourth-order valence-electron chi connectivity index (χ4n) is 14.6. The topological polar surface area (TPSA) is 268 Å². The maximum absolute atomic E-state index is 12.9. The Hall–Kier alpha value is -6.57. The summed E-state index contributed by atoms with van der Waals surface area (Å²) >= 11 is 0. The monoisotopic (exact) mass is 1390 g/mol. The lowest BCUT2D eigenvalue weighted by atomic mass is 9.63. The highest BCUT2D eigenvalue weighted by molar-refractivity contribution is 5.97. The van der Waals surface area contributed by atoms with Gasteiger partial charge in [0, 0.05) is 69.4 Å². The Bertz CT molecular complexity index is 3360. The fourth-order valence-corrected chi connectivity index (χ4v) is 14.6. The second-order valence-electron chi connectivity index (χ2n) is 36.0. The van der Waals surface area contributed by atoms with Crippen LogP contribution >= 0.6 is 0 Å². The first kappa shape index (κ1) is 82.4. The number of fused-ring (bicyclic) bond motifs is 3. The van der Waals surface area contributed by atoms with Crippen LogP contribution in [0.15, 0.2) is 54.6 Å². The Morgan fingerprint density at radius 2 is 0.720 bits per heavy atom. The van der Waals surface area contributed by atoms with Crippen molar-refractivity contribution in [3.63, 3.8) is 0 Å². The molecule has 19 heteroatoms. The van der Waals surface area contributed by atoms with Gasteiger partial charge in [0.15, 0.2) is 5.78 Å². The third kappa shape index (κ3) is 22.5. The van der Waals surface area contributed by atoms with Gasteiger partial charge in [-0.15, -0.1) is 0 Å². The number of aromatic carboxylic acids is 1. The minimum Gasteiger partial charge on any atom is -0.478 e. The molecule has 7 N–H and O–H groups in total. The normalized spacial score (nSPS) is 20.5. The lowest BCUT2D eigenvalue weighted by Gasteiger charge is -2.42. The number of likely N-dealkylation sites (tertiary alicyclic amines) is 3. The molecule has 5 amide bonds. The number of piperidine rings is 3. The summed E-state index contributed by atoms with van der Waals surface area (Å²) in [6.07, 6.45) is 8.86. The maximum atomic E-state index is 12.9. The fraction of sp³-hybridized carbons (Fsp3) is 0.691. The number of ether oxygens (including phenoxy) is 3. The van der Waals surface area contributed by atoms with E-state index in [4.69, 9.17) is 25.1 Å². The van der Waals surface area contributed by atoms with Gasteiger partial charge in [-0.05, 0) is 253 Å². The molecule has 3 aliphatic carbocycles. The molecule has 0 saturated carbocycles. The summed E-state index contributed by atoms with van der Waals surface area (Å²) in [6, 6.07) is 17.6. The number of carbonyl (C=O) groups is 7. The summed E-state index contributed by atoms with van der Waals surface area (Å²) in [4.78, 5) is 90.8. The number of carbonyl (C=O) groups excluding carboxylic acids is 6. The summed E-state index contributed by atoms with van der Waals surface area (Å²) in [5.41, 5.74) is 13.7. The molecule has 3 aliphatic heterocycles. The third-order valence-electron chi connectivity index (χ3n) is 21.5. The molecule has 6 aliphatic rings. The average Bonchev–Trinajstić information content (AvgIpc) is 0.768. The number of hydrogen-bond acceptors (Lipinski definition) is 13. The first-order chi connectivity index (χ1) is 46.0. The van der Waals surface area contributed by atoms with Crippen molar-refractivity contribution in [2.75, 3.05) is 58.9 Å². The molecular formula is C81H126N6O13. The highest BCUT2D eigenvalue weighted by Crippen LogP contribution is 2.49. The number of carboxylic acids is 1. The highest BCUT2D eigenvalue weighted by atomic mass is 16.6. The van der Waals surface area contributed by atoms with Crippen molar-refractivity contribution in [1.29, 1.82) is 0 Å². The zero-order valence-electron chi connectivity index (χ0n) is 64.8. The van der Waals surface area contributed by atoms with E-state index in [-0.39, 0.29) is 106 Å². The van der Waals surface area contributed by atoms with Crippen LogP contribution in [0.5, 0.6) is 0 Å². The Morgan fingerprint density at radius 1 is 0.440 bits per heavy atom. The molecule has 0 bridgehead atoms. The van der Waals surface area contributed by atoms with Gasteiger partial charge in [0.1, 0.15) is 16.8 Å². The van der Waals surface area contributed by atoms with Crippen molar-refractivity contribution in [3.8, 4) is 0 Å². The van der Waals surface area contributed by atoms with Crippen LogP contribution in [0.4, 0.5) is 14.4 Å². The number of hydrogen-bond donors (Lipinski definition) is 6. The second-order valence-corrected chi connectivity index (χ2v) is 36.0. The highest BCUT2D eigenvalue weighted by Gasteiger charge is 2.41. The van der Waals surface area contributed by atoms with Crippen LogP contribution in [-0.4, -0.2) is 160 Å². The van der Waals surface area contributed by atoms with Crippen LogP contribution < -0.4 is 16.4 Å². The molecule has 2 unspecified atom stereocenters. The van der Waals surface area contributed by atoms with Crippen LogP contribution in [0.25, 0.3) is 0 Å². The summed E-state index contributed by atoms with van der Waals surface area (Å²) in [5, 5.41) is 35.1. The van der Waals surface area contributed by atoms with Gasteiger partial charge < -0.3 is 60.6 Å². The first-order valence-electron chi connectivity index (χ1n) is 36.7. The number of nitrogens with one attached hydrogen (secondary N) is 2. The Morgan fingerprint density at radius 3 is 1.03 bits per heavy atom. The zero-order chi connectivity index (χ0) is 75.1. The number of ketones is 1. The van der Waals surface area contributed by atoms with E-state index in [9.17, 15) is 43.8 Å². The van der Waals surface area contributed by atoms with Gasteiger partial charge in [0.05, 0.1) is 24.3 Å². The number of benzene rings is 3.